The summed E-state index contributed by atoms with van der Waals surface area (Å²) in [6, 6.07) is 8.72. The van der Waals surface area contributed by atoms with Gasteiger partial charge in [-0.15, -0.1) is 0 Å². The van der Waals surface area contributed by atoms with Gasteiger partial charge in [-0.05, 0) is 24.8 Å². The first-order valence-electron chi connectivity index (χ1n) is 7.27. The molecule has 1 aliphatic heterocycles. The van der Waals surface area contributed by atoms with Crippen LogP contribution in [-0.4, -0.2) is 43.5 Å². The first kappa shape index (κ1) is 16.3. The van der Waals surface area contributed by atoms with Crippen LogP contribution in [0.3, 0.4) is 0 Å². The second-order valence-electron chi connectivity index (χ2n) is 5.11. The van der Waals surface area contributed by atoms with Crippen molar-refractivity contribution in [1.82, 2.24) is 4.90 Å². The zero-order valence-electron chi connectivity index (χ0n) is 12.9. The molecule has 0 aliphatic carbocycles. The summed E-state index contributed by atoms with van der Waals surface area (Å²) in [7, 11) is 2.83. The number of carbonyl (C=O) groups excluding carboxylic acids is 2. The molecular weight excluding hydrogens is 286 g/mol. The third-order valence-corrected chi connectivity index (χ3v) is 3.74. The van der Waals surface area contributed by atoms with Crippen molar-refractivity contribution in [2.45, 2.75) is 38.1 Å². The Kier molecular flexibility index (Phi) is 5.77. The van der Waals surface area contributed by atoms with E-state index in [1.807, 2.05) is 30.3 Å². The Morgan fingerprint density at radius 2 is 1.91 bits per heavy atom. The number of rotatable bonds is 4. The van der Waals surface area contributed by atoms with Gasteiger partial charge in [-0.2, -0.15) is 0 Å². The molecule has 1 aromatic rings. The Hall–Kier alpha value is -2.08. The molecule has 2 rings (SSSR count). The molecule has 1 fully saturated rings. The number of hydrogen-bond donors (Lipinski definition) is 0. The number of piperidine rings is 1. The molecule has 6 nitrogen and oxygen atoms in total. The molecule has 1 aliphatic rings. The Morgan fingerprint density at radius 1 is 1.18 bits per heavy atom. The lowest BCUT2D eigenvalue weighted by Gasteiger charge is -2.38. The molecule has 6 heteroatoms. The summed E-state index contributed by atoms with van der Waals surface area (Å²) in [6.07, 6.45) is 0.977. The number of likely N-dealkylation sites (tertiary alicyclic amines) is 1. The Morgan fingerprint density at radius 3 is 2.55 bits per heavy atom. The Balaban J connectivity index is 2.06. The number of hydrogen-bond acceptors (Lipinski definition) is 5. The van der Waals surface area contributed by atoms with Crippen LogP contribution in [0.25, 0.3) is 0 Å². The van der Waals surface area contributed by atoms with Gasteiger partial charge in [-0.1, -0.05) is 30.3 Å². The fourth-order valence-corrected chi connectivity index (χ4v) is 2.60. The number of carbonyl (C=O) groups is 2. The van der Waals surface area contributed by atoms with Gasteiger partial charge in [0.05, 0.1) is 7.11 Å². The van der Waals surface area contributed by atoms with Crippen molar-refractivity contribution in [3.63, 3.8) is 0 Å². The Bertz CT molecular complexity index is 505. The average molecular weight is 307 g/mol. The third-order valence-electron chi connectivity index (χ3n) is 3.74. The summed E-state index contributed by atoms with van der Waals surface area (Å²) in [6.45, 7) is 0.153. The van der Waals surface area contributed by atoms with E-state index in [4.69, 9.17) is 14.2 Å². The molecule has 1 aromatic carbocycles. The van der Waals surface area contributed by atoms with Crippen LogP contribution in [0.2, 0.25) is 0 Å². The topological polar surface area (TPSA) is 65.1 Å². The normalized spacial score (nSPS) is 21.3. The maximum Gasteiger partial charge on any atom is 0.412 e. The monoisotopic (exact) mass is 307 g/mol. The summed E-state index contributed by atoms with van der Waals surface area (Å²) in [5.74, 6) is -0.446. The largest absolute Gasteiger partial charge is 0.467 e. The third kappa shape index (κ3) is 3.76. The molecule has 22 heavy (non-hydrogen) atoms. The van der Waals surface area contributed by atoms with Crippen LogP contribution in [-0.2, 0) is 25.6 Å². The molecule has 1 amide bonds. The number of esters is 1. The average Bonchev–Trinajstić information content (AvgIpc) is 2.59. The number of amides is 1. The molecule has 0 aromatic heterocycles. The molecule has 0 spiro atoms. The quantitative estimate of drug-likeness (QED) is 0.799. The molecule has 0 bridgehead atoms. The van der Waals surface area contributed by atoms with Crippen molar-refractivity contribution >= 4 is 12.1 Å². The molecule has 2 atom stereocenters. The van der Waals surface area contributed by atoms with Gasteiger partial charge in [0, 0.05) is 7.11 Å². The highest BCUT2D eigenvalue weighted by molar-refractivity contribution is 5.81. The van der Waals surface area contributed by atoms with Crippen LogP contribution in [0.4, 0.5) is 4.79 Å². The maximum atomic E-state index is 12.4. The van der Waals surface area contributed by atoms with E-state index in [-0.39, 0.29) is 6.61 Å². The molecule has 1 saturated heterocycles. The first-order valence-corrected chi connectivity index (χ1v) is 7.27. The van der Waals surface area contributed by atoms with Gasteiger partial charge in [0.1, 0.15) is 18.9 Å². The van der Waals surface area contributed by atoms with Crippen LogP contribution < -0.4 is 0 Å². The number of methoxy groups -OCH3 is 2. The van der Waals surface area contributed by atoms with Crippen LogP contribution in [0.1, 0.15) is 24.8 Å². The van der Waals surface area contributed by atoms with Crippen LogP contribution >= 0.6 is 0 Å². The van der Waals surface area contributed by atoms with Gasteiger partial charge in [0.15, 0.2) is 0 Å². The predicted octanol–water partition coefficient (Wildman–Crippen LogP) is 2.32. The molecular formula is C16H21NO5. The van der Waals surface area contributed by atoms with Crippen molar-refractivity contribution in [2.24, 2.45) is 0 Å². The predicted molar refractivity (Wildman–Crippen MR) is 78.9 cm³/mol. The molecule has 120 valence electrons. The first-order chi connectivity index (χ1) is 10.7. The van der Waals surface area contributed by atoms with Gasteiger partial charge in [-0.3, -0.25) is 4.90 Å². The summed E-state index contributed by atoms with van der Waals surface area (Å²) < 4.78 is 15.4. The van der Waals surface area contributed by atoms with E-state index < -0.39 is 24.3 Å². The molecule has 0 N–H and O–H groups in total. The second-order valence-corrected chi connectivity index (χ2v) is 5.11. The lowest BCUT2D eigenvalue weighted by Crippen LogP contribution is -2.54. The van der Waals surface area contributed by atoms with E-state index >= 15 is 0 Å². The fourth-order valence-electron chi connectivity index (χ4n) is 2.60. The minimum absolute atomic E-state index is 0.153. The van der Waals surface area contributed by atoms with Gasteiger partial charge in [0.2, 0.25) is 0 Å². The lowest BCUT2D eigenvalue weighted by atomic mass is 10.0. The highest BCUT2D eigenvalue weighted by Crippen LogP contribution is 2.25. The zero-order chi connectivity index (χ0) is 15.9. The van der Waals surface area contributed by atoms with E-state index in [2.05, 4.69) is 0 Å². The minimum Gasteiger partial charge on any atom is -0.467 e. The van der Waals surface area contributed by atoms with E-state index in [9.17, 15) is 9.59 Å². The summed E-state index contributed by atoms with van der Waals surface area (Å²) in [5.41, 5.74) is 0.886. The highest BCUT2D eigenvalue weighted by Gasteiger charge is 2.40. The van der Waals surface area contributed by atoms with Crippen LogP contribution in [0.5, 0.6) is 0 Å². The van der Waals surface area contributed by atoms with Crippen LogP contribution in [0.15, 0.2) is 30.3 Å². The van der Waals surface area contributed by atoms with Crippen molar-refractivity contribution in [2.75, 3.05) is 14.2 Å². The fraction of sp³-hybridized carbons (Fsp3) is 0.500. The van der Waals surface area contributed by atoms with Crippen molar-refractivity contribution < 1.29 is 23.8 Å². The van der Waals surface area contributed by atoms with Gasteiger partial charge in [-0.25, -0.2) is 9.59 Å². The standard InChI is InChI=1S/C16H21NO5/c1-20-14-10-6-9-13(15(18)21-2)17(14)16(19)22-11-12-7-4-3-5-8-12/h3-5,7-8,13-14H,6,9-11H2,1-2H3. The molecule has 1 heterocycles. The maximum absolute atomic E-state index is 12.4. The summed E-state index contributed by atoms with van der Waals surface area (Å²) in [4.78, 5) is 25.6. The van der Waals surface area contributed by atoms with Gasteiger partial charge < -0.3 is 14.2 Å². The molecule has 0 radical (unpaired) electrons. The highest BCUT2D eigenvalue weighted by atomic mass is 16.6. The number of nitrogens with zero attached hydrogens (tertiary/aromatic N) is 1. The second kappa shape index (κ2) is 7.79. The van der Waals surface area contributed by atoms with Crippen molar-refractivity contribution in [1.29, 1.82) is 0 Å². The van der Waals surface area contributed by atoms with E-state index in [1.165, 1.54) is 19.1 Å². The van der Waals surface area contributed by atoms with E-state index in [1.54, 1.807) is 0 Å². The summed E-state index contributed by atoms with van der Waals surface area (Å²) >= 11 is 0. The van der Waals surface area contributed by atoms with Crippen molar-refractivity contribution in [3.05, 3.63) is 35.9 Å². The van der Waals surface area contributed by atoms with E-state index in [0.29, 0.717) is 12.8 Å². The number of benzene rings is 1. The summed E-state index contributed by atoms with van der Waals surface area (Å²) in [5, 5.41) is 0. The molecule has 0 saturated carbocycles. The number of ether oxygens (including phenoxy) is 3. The van der Waals surface area contributed by atoms with Gasteiger partial charge >= 0.3 is 12.1 Å². The van der Waals surface area contributed by atoms with Crippen molar-refractivity contribution in [3.8, 4) is 0 Å². The minimum atomic E-state index is -0.660. The smallest absolute Gasteiger partial charge is 0.412 e. The SMILES string of the molecule is COC(=O)C1CCCC(OC)N1C(=O)OCc1ccccc1. The molecule has 2 unspecified atom stereocenters. The zero-order valence-corrected chi connectivity index (χ0v) is 12.9. The van der Waals surface area contributed by atoms with Crippen LogP contribution in [0, 0.1) is 0 Å². The van der Waals surface area contributed by atoms with Gasteiger partial charge in [0.25, 0.3) is 0 Å². The Labute approximate surface area is 129 Å². The van der Waals surface area contributed by atoms with E-state index in [0.717, 1.165) is 12.0 Å². The lowest BCUT2D eigenvalue weighted by molar-refractivity contribution is -0.155.